The monoisotopic (exact) mass is 301 g/mol. The molecule has 7 heteroatoms. The summed E-state index contributed by atoms with van der Waals surface area (Å²) in [6.45, 7) is 3.09. The van der Waals surface area contributed by atoms with E-state index in [2.05, 4.69) is 0 Å². The lowest BCUT2D eigenvalue weighted by molar-refractivity contribution is -0.146. The predicted octanol–water partition coefficient (Wildman–Crippen LogP) is 1.62. The lowest BCUT2D eigenvalue weighted by Crippen LogP contribution is -2.34. The fourth-order valence-corrected chi connectivity index (χ4v) is 3.76. The Bertz CT molecular complexity index is 658. The third kappa shape index (κ3) is 2.43. The van der Waals surface area contributed by atoms with Gasteiger partial charge in [-0.05, 0) is 38.0 Å². The van der Waals surface area contributed by atoms with Crippen LogP contribution in [0.3, 0.4) is 0 Å². The molecule has 110 valence electrons. The smallest absolute Gasteiger partial charge is 0.310 e. The van der Waals surface area contributed by atoms with Gasteiger partial charge in [-0.1, -0.05) is 6.07 Å². The lowest BCUT2D eigenvalue weighted by Gasteiger charge is -2.20. The van der Waals surface area contributed by atoms with Crippen molar-refractivity contribution in [3.05, 3.63) is 29.6 Å². The van der Waals surface area contributed by atoms with Crippen molar-refractivity contribution in [3.8, 4) is 0 Å². The second-order valence-corrected chi connectivity index (χ2v) is 7.30. The van der Waals surface area contributed by atoms with Crippen LogP contribution in [0.1, 0.15) is 18.9 Å². The highest BCUT2D eigenvalue weighted by molar-refractivity contribution is 7.89. The van der Waals surface area contributed by atoms with Gasteiger partial charge in [0.1, 0.15) is 5.82 Å². The van der Waals surface area contributed by atoms with Gasteiger partial charge in [-0.25, -0.2) is 12.8 Å². The minimum Gasteiger partial charge on any atom is -0.481 e. The van der Waals surface area contributed by atoms with Gasteiger partial charge in [0.15, 0.2) is 0 Å². The number of sulfonamides is 1. The summed E-state index contributed by atoms with van der Waals surface area (Å²) in [5, 5.41) is 9.13. The average Bonchev–Trinajstić information content (AvgIpc) is 2.77. The Morgan fingerprint density at radius 1 is 1.45 bits per heavy atom. The van der Waals surface area contributed by atoms with Crippen LogP contribution < -0.4 is 0 Å². The molecule has 0 amide bonds. The summed E-state index contributed by atoms with van der Waals surface area (Å²) in [5.74, 6) is -1.61. The van der Waals surface area contributed by atoms with Crippen LogP contribution in [0.2, 0.25) is 0 Å². The molecule has 5 nitrogen and oxygen atoms in total. The summed E-state index contributed by atoms with van der Waals surface area (Å²) in [7, 11) is -3.85. The molecule has 0 bridgehead atoms. The molecule has 1 aromatic carbocycles. The normalized spacial score (nSPS) is 23.9. The molecule has 20 heavy (non-hydrogen) atoms. The van der Waals surface area contributed by atoms with Gasteiger partial charge >= 0.3 is 5.97 Å². The molecule has 1 aliphatic rings. The molecule has 1 aliphatic heterocycles. The minimum atomic E-state index is -3.85. The summed E-state index contributed by atoms with van der Waals surface area (Å²) in [5.41, 5.74) is -0.725. The second kappa shape index (κ2) is 4.82. The Morgan fingerprint density at radius 2 is 2.10 bits per heavy atom. The van der Waals surface area contributed by atoms with Crippen molar-refractivity contribution in [1.29, 1.82) is 0 Å². The Hall–Kier alpha value is -1.47. The fraction of sp³-hybridized carbons (Fsp3) is 0.462. The van der Waals surface area contributed by atoms with E-state index in [4.69, 9.17) is 5.11 Å². The molecule has 0 aliphatic carbocycles. The van der Waals surface area contributed by atoms with E-state index in [1.165, 1.54) is 19.1 Å². The zero-order chi connectivity index (χ0) is 15.1. The third-order valence-electron chi connectivity index (χ3n) is 3.74. The van der Waals surface area contributed by atoms with E-state index in [1.807, 2.05) is 0 Å². The van der Waals surface area contributed by atoms with Crippen molar-refractivity contribution in [2.45, 2.75) is 25.2 Å². The fourth-order valence-electron chi connectivity index (χ4n) is 2.18. The molecule has 1 aromatic rings. The van der Waals surface area contributed by atoms with Gasteiger partial charge in [-0.2, -0.15) is 4.31 Å². The first-order chi connectivity index (χ1) is 9.17. The molecular formula is C13H16FNO4S. The number of hydrogen-bond acceptors (Lipinski definition) is 3. The number of benzene rings is 1. The number of halogens is 1. The molecule has 1 N–H and O–H groups in total. The first-order valence-corrected chi connectivity index (χ1v) is 7.60. The summed E-state index contributed by atoms with van der Waals surface area (Å²) in [6.07, 6.45) is 0.246. The number of rotatable bonds is 3. The van der Waals surface area contributed by atoms with Crippen LogP contribution in [-0.4, -0.2) is 36.9 Å². The van der Waals surface area contributed by atoms with E-state index in [0.29, 0.717) is 5.56 Å². The van der Waals surface area contributed by atoms with Crippen molar-refractivity contribution in [2.24, 2.45) is 5.41 Å². The molecule has 1 fully saturated rings. The number of carbonyl (C=O) groups is 1. The zero-order valence-corrected chi connectivity index (χ0v) is 12.1. The zero-order valence-electron chi connectivity index (χ0n) is 11.3. The molecular weight excluding hydrogens is 285 g/mol. The molecule has 1 atom stereocenters. The third-order valence-corrected chi connectivity index (χ3v) is 5.58. The van der Waals surface area contributed by atoms with E-state index in [9.17, 15) is 17.6 Å². The van der Waals surface area contributed by atoms with Crippen LogP contribution in [-0.2, 0) is 14.8 Å². The molecule has 1 unspecified atom stereocenters. The summed E-state index contributed by atoms with van der Waals surface area (Å²) in [4.78, 5) is 11.0. The quantitative estimate of drug-likeness (QED) is 0.920. The van der Waals surface area contributed by atoms with Gasteiger partial charge in [0, 0.05) is 13.1 Å². The van der Waals surface area contributed by atoms with Gasteiger partial charge in [0.25, 0.3) is 0 Å². The maximum absolute atomic E-state index is 13.5. The van der Waals surface area contributed by atoms with Gasteiger partial charge in [0.05, 0.1) is 10.3 Å². The summed E-state index contributed by atoms with van der Waals surface area (Å²) >= 11 is 0. The van der Waals surface area contributed by atoms with Crippen LogP contribution in [0.5, 0.6) is 0 Å². The van der Waals surface area contributed by atoms with E-state index in [0.717, 1.165) is 10.4 Å². The van der Waals surface area contributed by atoms with E-state index >= 15 is 0 Å². The predicted molar refractivity (Wildman–Crippen MR) is 70.3 cm³/mol. The highest BCUT2D eigenvalue weighted by atomic mass is 32.2. The molecule has 1 heterocycles. The Labute approximate surface area is 117 Å². The molecule has 0 spiro atoms. The number of aryl methyl sites for hydroxylation is 1. The Kier molecular flexibility index (Phi) is 3.60. The number of aliphatic carboxylic acids is 1. The van der Waals surface area contributed by atoms with Gasteiger partial charge in [0.2, 0.25) is 10.0 Å². The van der Waals surface area contributed by atoms with Gasteiger partial charge in [-0.15, -0.1) is 0 Å². The van der Waals surface area contributed by atoms with Crippen LogP contribution in [0.15, 0.2) is 23.1 Å². The average molecular weight is 301 g/mol. The van der Waals surface area contributed by atoms with Crippen molar-refractivity contribution >= 4 is 16.0 Å². The van der Waals surface area contributed by atoms with E-state index in [1.54, 1.807) is 6.92 Å². The molecule has 0 saturated carbocycles. The Morgan fingerprint density at radius 3 is 2.60 bits per heavy atom. The van der Waals surface area contributed by atoms with Crippen molar-refractivity contribution in [2.75, 3.05) is 13.1 Å². The van der Waals surface area contributed by atoms with Crippen molar-refractivity contribution < 1.29 is 22.7 Å². The Balaban J connectivity index is 2.33. The highest BCUT2D eigenvalue weighted by Gasteiger charge is 2.44. The van der Waals surface area contributed by atoms with Crippen molar-refractivity contribution in [3.63, 3.8) is 0 Å². The number of carboxylic acids is 1. The maximum atomic E-state index is 13.5. The van der Waals surface area contributed by atoms with Crippen LogP contribution in [0.25, 0.3) is 0 Å². The molecule has 2 rings (SSSR count). The van der Waals surface area contributed by atoms with Crippen LogP contribution >= 0.6 is 0 Å². The van der Waals surface area contributed by atoms with Crippen LogP contribution in [0, 0.1) is 18.2 Å². The SMILES string of the molecule is Cc1ccc(S(=O)(=O)N2CCC(C)(C(=O)O)C2)cc1F. The second-order valence-electron chi connectivity index (χ2n) is 5.37. The first kappa shape index (κ1) is 14.9. The van der Waals surface area contributed by atoms with Crippen LogP contribution in [0.4, 0.5) is 4.39 Å². The van der Waals surface area contributed by atoms with Gasteiger partial charge in [-0.3, -0.25) is 4.79 Å². The lowest BCUT2D eigenvalue weighted by atomic mass is 9.90. The minimum absolute atomic E-state index is 0.0971. The number of hydrogen-bond donors (Lipinski definition) is 1. The largest absolute Gasteiger partial charge is 0.481 e. The molecule has 0 aromatic heterocycles. The maximum Gasteiger partial charge on any atom is 0.310 e. The topological polar surface area (TPSA) is 74.7 Å². The highest BCUT2D eigenvalue weighted by Crippen LogP contribution is 2.33. The number of nitrogens with zero attached hydrogens (tertiary/aromatic N) is 1. The standard InChI is InChI=1S/C13H16FNO4S/c1-9-3-4-10(7-11(9)14)20(18,19)15-6-5-13(2,8-15)12(16)17/h3-4,7H,5-6,8H2,1-2H3,(H,16,17). The number of carboxylic acid groups (broad SMARTS) is 1. The van der Waals surface area contributed by atoms with Gasteiger partial charge < -0.3 is 5.11 Å². The van der Waals surface area contributed by atoms with E-state index < -0.39 is 27.2 Å². The first-order valence-electron chi connectivity index (χ1n) is 6.16. The van der Waals surface area contributed by atoms with E-state index in [-0.39, 0.29) is 24.4 Å². The molecule has 1 saturated heterocycles. The van der Waals surface area contributed by atoms with Crippen molar-refractivity contribution in [1.82, 2.24) is 4.31 Å². The summed E-state index contributed by atoms with van der Waals surface area (Å²) in [6, 6.07) is 3.71. The summed E-state index contributed by atoms with van der Waals surface area (Å²) < 4.78 is 39.4. The molecule has 0 radical (unpaired) electrons.